The van der Waals surface area contributed by atoms with Gasteiger partial charge in [-0.1, -0.05) is 12.1 Å². The molecule has 3 heteroatoms. The van der Waals surface area contributed by atoms with Gasteiger partial charge in [0.05, 0.1) is 13.2 Å². The van der Waals surface area contributed by atoms with Crippen molar-refractivity contribution in [2.45, 2.75) is 38.8 Å². The molecular weight excluding hydrogens is 214 g/mol. The highest BCUT2D eigenvalue weighted by Crippen LogP contribution is 2.18. The Bertz CT molecular complexity index is 326. The minimum atomic E-state index is -0.205. The number of rotatable bonds is 7. The normalized spacial score (nSPS) is 14.4. The average Bonchev–Trinajstić information content (AvgIpc) is 2.34. The smallest absolute Gasteiger partial charge is 0.119 e. The van der Waals surface area contributed by atoms with Gasteiger partial charge < -0.3 is 15.2 Å². The molecule has 0 fully saturated rings. The molecule has 0 aromatic heterocycles. The van der Waals surface area contributed by atoms with Crippen molar-refractivity contribution in [3.8, 4) is 5.75 Å². The van der Waals surface area contributed by atoms with E-state index in [0.717, 1.165) is 25.1 Å². The predicted octanol–water partition coefficient (Wildman–Crippen LogP) is 2.51. The van der Waals surface area contributed by atoms with Crippen LogP contribution < -0.4 is 10.1 Å². The molecule has 0 heterocycles. The highest BCUT2D eigenvalue weighted by molar-refractivity contribution is 5.30. The van der Waals surface area contributed by atoms with Crippen LogP contribution in [0.2, 0.25) is 0 Å². The Morgan fingerprint density at radius 3 is 2.76 bits per heavy atom. The molecule has 1 aromatic rings. The van der Waals surface area contributed by atoms with Gasteiger partial charge in [-0.3, -0.25) is 0 Å². The Balaban J connectivity index is 2.38. The van der Waals surface area contributed by atoms with E-state index >= 15 is 0 Å². The van der Waals surface area contributed by atoms with Crippen LogP contribution in [0.5, 0.6) is 5.75 Å². The van der Waals surface area contributed by atoms with Gasteiger partial charge >= 0.3 is 0 Å². The fourth-order valence-electron chi connectivity index (χ4n) is 1.74. The first kappa shape index (κ1) is 14.0. The monoisotopic (exact) mass is 237 g/mol. The topological polar surface area (TPSA) is 41.5 Å². The van der Waals surface area contributed by atoms with Crippen LogP contribution in [-0.4, -0.2) is 24.9 Å². The summed E-state index contributed by atoms with van der Waals surface area (Å²) in [5, 5.41) is 12.6. The van der Waals surface area contributed by atoms with Crippen LogP contribution in [0.4, 0.5) is 0 Å². The highest BCUT2D eigenvalue weighted by Gasteiger charge is 2.05. The van der Waals surface area contributed by atoms with E-state index in [4.69, 9.17) is 9.84 Å². The Labute approximate surface area is 104 Å². The first-order valence-corrected chi connectivity index (χ1v) is 6.19. The van der Waals surface area contributed by atoms with E-state index in [1.54, 1.807) is 7.11 Å². The number of hydrogen-bond acceptors (Lipinski definition) is 3. The maximum Gasteiger partial charge on any atom is 0.119 e. The van der Waals surface area contributed by atoms with E-state index < -0.39 is 0 Å². The van der Waals surface area contributed by atoms with Crippen LogP contribution in [0.25, 0.3) is 0 Å². The molecule has 1 rings (SSSR count). The maximum atomic E-state index is 9.16. The summed E-state index contributed by atoms with van der Waals surface area (Å²) in [7, 11) is 1.68. The van der Waals surface area contributed by atoms with Crippen molar-refractivity contribution in [1.82, 2.24) is 5.32 Å². The molecule has 0 spiro atoms. The SMILES string of the molecule is COc1cccc(C(C)NCCCC(C)O)c1. The summed E-state index contributed by atoms with van der Waals surface area (Å²) >= 11 is 0. The van der Waals surface area contributed by atoms with E-state index in [2.05, 4.69) is 18.3 Å². The van der Waals surface area contributed by atoms with Gasteiger partial charge in [-0.05, 0) is 50.9 Å². The number of nitrogens with one attached hydrogen (secondary N) is 1. The number of hydrogen-bond donors (Lipinski definition) is 2. The highest BCUT2D eigenvalue weighted by atomic mass is 16.5. The minimum Gasteiger partial charge on any atom is -0.497 e. The summed E-state index contributed by atoms with van der Waals surface area (Å²) in [4.78, 5) is 0. The zero-order valence-corrected chi connectivity index (χ0v) is 10.9. The second kappa shape index (κ2) is 7.30. The summed E-state index contributed by atoms with van der Waals surface area (Å²) < 4.78 is 5.20. The van der Waals surface area contributed by atoms with Gasteiger partial charge in [0, 0.05) is 6.04 Å². The number of ether oxygens (including phenoxy) is 1. The fraction of sp³-hybridized carbons (Fsp3) is 0.571. The number of aliphatic hydroxyl groups excluding tert-OH is 1. The van der Waals surface area contributed by atoms with Crippen molar-refractivity contribution < 1.29 is 9.84 Å². The molecule has 3 nitrogen and oxygen atoms in total. The molecule has 2 atom stereocenters. The van der Waals surface area contributed by atoms with Crippen LogP contribution >= 0.6 is 0 Å². The van der Waals surface area contributed by atoms with Crippen molar-refractivity contribution in [2.75, 3.05) is 13.7 Å². The summed E-state index contributed by atoms with van der Waals surface area (Å²) in [6.07, 6.45) is 1.63. The van der Waals surface area contributed by atoms with Crippen LogP contribution in [-0.2, 0) is 0 Å². The first-order chi connectivity index (χ1) is 8.13. The molecule has 0 aliphatic heterocycles. The molecule has 17 heavy (non-hydrogen) atoms. The average molecular weight is 237 g/mol. The van der Waals surface area contributed by atoms with Gasteiger partial charge in [0.1, 0.15) is 5.75 Å². The lowest BCUT2D eigenvalue weighted by molar-refractivity contribution is 0.181. The van der Waals surface area contributed by atoms with Crippen LogP contribution in [0, 0.1) is 0 Å². The molecule has 2 N–H and O–H groups in total. The number of benzene rings is 1. The Hall–Kier alpha value is -1.06. The van der Waals surface area contributed by atoms with E-state index in [9.17, 15) is 0 Å². The van der Waals surface area contributed by atoms with Crippen LogP contribution in [0.15, 0.2) is 24.3 Å². The van der Waals surface area contributed by atoms with Gasteiger partial charge in [0.15, 0.2) is 0 Å². The summed E-state index contributed by atoms with van der Waals surface area (Å²) in [5.41, 5.74) is 1.22. The molecule has 0 saturated heterocycles. The van der Waals surface area contributed by atoms with E-state index in [1.807, 2.05) is 25.1 Å². The maximum absolute atomic E-state index is 9.16. The molecule has 0 aliphatic rings. The second-order valence-corrected chi connectivity index (χ2v) is 4.44. The van der Waals surface area contributed by atoms with Crippen molar-refractivity contribution in [2.24, 2.45) is 0 Å². The third-order valence-corrected chi connectivity index (χ3v) is 2.84. The van der Waals surface area contributed by atoms with E-state index in [-0.39, 0.29) is 6.10 Å². The zero-order valence-electron chi connectivity index (χ0n) is 10.9. The second-order valence-electron chi connectivity index (χ2n) is 4.44. The van der Waals surface area contributed by atoms with Crippen molar-refractivity contribution in [3.05, 3.63) is 29.8 Å². The largest absolute Gasteiger partial charge is 0.497 e. The van der Waals surface area contributed by atoms with Crippen molar-refractivity contribution >= 4 is 0 Å². The van der Waals surface area contributed by atoms with E-state index in [1.165, 1.54) is 5.56 Å². The summed E-state index contributed by atoms with van der Waals surface area (Å²) in [6.45, 7) is 4.88. The minimum absolute atomic E-state index is 0.205. The predicted molar refractivity (Wildman–Crippen MR) is 70.3 cm³/mol. The van der Waals surface area contributed by atoms with Gasteiger partial charge in [-0.15, -0.1) is 0 Å². The molecule has 0 amide bonds. The molecule has 0 radical (unpaired) electrons. The first-order valence-electron chi connectivity index (χ1n) is 6.19. The lowest BCUT2D eigenvalue weighted by Gasteiger charge is -2.15. The summed E-state index contributed by atoms with van der Waals surface area (Å²) in [5.74, 6) is 0.889. The Morgan fingerprint density at radius 2 is 2.12 bits per heavy atom. The van der Waals surface area contributed by atoms with Crippen LogP contribution in [0.3, 0.4) is 0 Å². The van der Waals surface area contributed by atoms with Gasteiger partial charge in [0.25, 0.3) is 0 Å². The van der Waals surface area contributed by atoms with E-state index in [0.29, 0.717) is 6.04 Å². The molecule has 0 saturated carbocycles. The standard InChI is InChI=1S/C14H23NO2/c1-11(16)6-5-9-15-12(2)13-7-4-8-14(10-13)17-3/h4,7-8,10-12,15-16H,5-6,9H2,1-3H3. The number of aliphatic hydroxyl groups is 1. The summed E-state index contributed by atoms with van der Waals surface area (Å²) in [6, 6.07) is 8.39. The van der Waals surface area contributed by atoms with Gasteiger partial charge in [-0.25, -0.2) is 0 Å². The van der Waals surface area contributed by atoms with Crippen molar-refractivity contribution in [1.29, 1.82) is 0 Å². The lowest BCUT2D eigenvalue weighted by atomic mass is 10.1. The third kappa shape index (κ3) is 5.20. The van der Waals surface area contributed by atoms with Crippen LogP contribution in [0.1, 0.15) is 38.3 Å². The quantitative estimate of drug-likeness (QED) is 0.716. The number of methoxy groups -OCH3 is 1. The Kier molecular flexibility index (Phi) is 6.01. The van der Waals surface area contributed by atoms with Crippen molar-refractivity contribution in [3.63, 3.8) is 0 Å². The Morgan fingerprint density at radius 1 is 1.35 bits per heavy atom. The van der Waals surface area contributed by atoms with Gasteiger partial charge in [0.2, 0.25) is 0 Å². The molecule has 0 aliphatic carbocycles. The molecule has 2 unspecified atom stereocenters. The zero-order chi connectivity index (χ0) is 12.7. The molecule has 96 valence electrons. The molecule has 0 bridgehead atoms. The lowest BCUT2D eigenvalue weighted by Crippen LogP contribution is -2.20. The fourth-order valence-corrected chi connectivity index (χ4v) is 1.74. The molecule has 1 aromatic carbocycles. The third-order valence-electron chi connectivity index (χ3n) is 2.84. The van der Waals surface area contributed by atoms with Gasteiger partial charge in [-0.2, -0.15) is 0 Å². The molecular formula is C14H23NO2.